The van der Waals surface area contributed by atoms with Crippen LogP contribution in [0.5, 0.6) is 0 Å². The summed E-state index contributed by atoms with van der Waals surface area (Å²) in [5, 5.41) is 4.33. The third kappa shape index (κ3) is 5.44. The number of benzene rings is 2. The summed E-state index contributed by atoms with van der Waals surface area (Å²) >= 11 is 3.37. The van der Waals surface area contributed by atoms with Crippen LogP contribution in [0.1, 0.15) is 5.56 Å². The van der Waals surface area contributed by atoms with Gasteiger partial charge in [0.2, 0.25) is 5.91 Å². The second-order valence-electron chi connectivity index (χ2n) is 7.64. The van der Waals surface area contributed by atoms with E-state index in [0.29, 0.717) is 37.6 Å². The maximum atomic E-state index is 13.0. The summed E-state index contributed by atoms with van der Waals surface area (Å²) in [4.78, 5) is 28.5. The Labute approximate surface area is 196 Å². The number of anilines is 1. The minimum atomic E-state index is -4.40. The van der Waals surface area contributed by atoms with Crippen molar-refractivity contribution in [3.63, 3.8) is 0 Å². The lowest BCUT2D eigenvalue weighted by Crippen LogP contribution is -2.50. The monoisotopic (exact) mass is 520 g/mol. The molecular formula is C23H20BrF3N4O2. The van der Waals surface area contributed by atoms with E-state index in [1.807, 2.05) is 29.2 Å². The molecule has 1 aliphatic rings. The molecule has 33 heavy (non-hydrogen) atoms. The molecule has 0 bridgehead atoms. The van der Waals surface area contributed by atoms with Crippen molar-refractivity contribution < 1.29 is 18.0 Å². The molecule has 0 atom stereocenters. The molecule has 1 aliphatic heterocycles. The number of hydrogen-bond donors (Lipinski definition) is 0. The molecule has 2 aromatic carbocycles. The van der Waals surface area contributed by atoms with Gasteiger partial charge in [-0.3, -0.25) is 9.59 Å². The molecule has 0 saturated carbocycles. The fourth-order valence-electron chi connectivity index (χ4n) is 3.66. The normalized spacial score (nSPS) is 14.4. The predicted molar refractivity (Wildman–Crippen MR) is 122 cm³/mol. The van der Waals surface area contributed by atoms with E-state index in [1.165, 1.54) is 12.1 Å². The first-order valence-corrected chi connectivity index (χ1v) is 11.0. The van der Waals surface area contributed by atoms with Gasteiger partial charge < -0.3 is 9.80 Å². The Morgan fingerprint density at radius 3 is 2.33 bits per heavy atom. The van der Waals surface area contributed by atoms with Crippen molar-refractivity contribution in [2.45, 2.75) is 12.7 Å². The first-order chi connectivity index (χ1) is 15.7. The van der Waals surface area contributed by atoms with Gasteiger partial charge in [0.15, 0.2) is 0 Å². The standard InChI is InChI=1S/C23H20BrF3N4O2/c24-18-6-4-16(5-7-18)20-8-9-21(32)31(28-20)15-22(33)30-12-10-29(11-13-30)19-3-1-2-17(14-19)23(25,26)27/h1-9,14H,10-13,15H2. The second-order valence-corrected chi connectivity index (χ2v) is 8.55. The number of hydrogen-bond acceptors (Lipinski definition) is 4. The van der Waals surface area contributed by atoms with Crippen LogP contribution in [-0.4, -0.2) is 46.8 Å². The Hall–Kier alpha value is -3.14. The smallest absolute Gasteiger partial charge is 0.368 e. The van der Waals surface area contributed by atoms with E-state index in [-0.39, 0.29) is 18.0 Å². The molecule has 1 saturated heterocycles. The van der Waals surface area contributed by atoms with E-state index in [2.05, 4.69) is 21.0 Å². The van der Waals surface area contributed by atoms with Crippen molar-refractivity contribution in [3.05, 3.63) is 81.1 Å². The number of aromatic nitrogens is 2. The summed E-state index contributed by atoms with van der Waals surface area (Å²) in [5.41, 5.74) is 0.775. The van der Waals surface area contributed by atoms with Gasteiger partial charge in [-0.1, -0.05) is 34.1 Å². The van der Waals surface area contributed by atoms with Crippen molar-refractivity contribution in [2.75, 3.05) is 31.1 Å². The van der Waals surface area contributed by atoms with Crippen LogP contribution in [0.15, 0.2) is 69.9 Å². The highest BCUT2D eigenvalue weighted by molar-refractivity contribution is 9.10. The van der Waals surface area contributed by atoms with E-state index in [4.69, 9.17) is 0 Å². The number of carbonyl (C=O) groups is 1. The van der Waals surface area contributed by atoms with Crippen LogP contribution in [0.3, 0.4) is 0 Å². The van der Waals surface area contributed by atoms with Crippen LogP contribution in [0.2, 0.25) is 0 Å². The Morgan fingerprint density at radius 1 is 0.970 bits per heavy atom. The lowest BCUT2D eigenvalue weighted by atomic mass is 10.1. The summed E-state index contributed by atoms with van der Waals surface area (Å²) in [6.45, 7) is 1.28. The maximum Gasteiger partial charge on any atom is 0.416 e. The van der Waals surface area contributed by atoms with Crippen molar-refractivity contribution in [3.8, 4) is 11.3 Å². The maximum absolute atomic E-state index is 13.0. The highest BCUT2D eigenvalue weighted by Gasteiger charge is 2.31. The number of halogens is 4. The Morgan fingerprint density at radius 2 is 1.67 bits per heavy atom. The van der Waals surface area contributed by atoms with E-state index in [9.17, 15) is 22.8 Å². The van der Waals surface area contributed by atoms with Crippen LogP contribution in [0, 0.1) is 0 Å². The van der Waals surface area contributed by atoms with Gasteiger partial charge in [-0.05, 0) is 36.4 Å². The van der Waals surface area contributed by atoms with Gasteiger partial charge in [0.1, 0.15) is 6.54 Å². The minimum Gasteiger partial charge on any atom is -0.368 e. The highest BCUT2D eigenvalue weighted by Crippen LogP contribution is 2.31. The number of rotatable bonds is 4. The summed E-state index contributed by atoms with van der Waals surface area (Å²) < 4.78 is 41.0. The molecule has 0 aliphatic carbocycles. The fourth-order valence-corrected chi connectivity index (χ4v) is 3.92. The van der Waals surface area contributed by atoms with Crippen LogP contribution >= 0.6 is 15.9 Å². The molecule has 1 aromatic heterocycles. The Balaban J connectivity index is 1.41. The summed E-state index contributed by atoms with van der Waals surface area (Å²) in [6.07, 6.45) is -4.40. The van der Waals surface area contributed by atoms with Crippen LogP contribution in [-0.2, 0) is 17.5 Å². The van der Waals surface area contributed by atoms with Gasteiger partial charge >= 0.3 is 6.18 Å². The molecule has 172 valence electrons. The van der Waals surface area contributed by atoms with Crippen LogP contribution in [0.4, 0.5) is 18.9 Å². The van der Waals surface area contributed by atoms with Gasteiger partial charge in [-0.2, -0.15) is 18.3 Å². The SMILES string of the molecule is O=C(Cn1nc(-c2ccc(Br)cc2)ccc1=O)N1CCN(c2cccc(C(F)(F)F)c2)CC1. The van der Waals surface area contributed by atoms with Gasteiger partial charge in [0, 0.05) is 48.0 Å². The zero-order valence-electron chi connectivity index (χ0n) is 17.4. The number of carbonyl (C=O) groups excluding carboxylic acids is 1. The van der Waals surface area contributed by atoms with E-state index >= 15 is 0 Å². The molecule has 2 heterocycles. The van der Waals surface area contributed by atoms with Crippen molar-refractivity contribution in [1.82, 2.24) is 14.7 Å². The Bertz CT molecular complexity index is 1200. The average Bonchev–Trinajstić information content (AvgIpc) is 2.81. The van der Waals surface area contributed by atoms with Gasteiger partial charge in [0.25, 0.3) is 5.56 Å². The molecule has 1 fully saturated rings. The zero-order chi connectivity index (χ0) is 23.6. The van der Waals surface area contributed by atoms with Crippen molar-refractivity contribution >= 4 is 27.5 Å². The van der Waals surface area contributed by atoms with Crippen molar-refractivity contribution in [2.24, 2.45) is 0 Å². The predicted octanol–water partition coefficient (Wildman–Crippen LogP) is 4.04. The van der Waals surface area contributed by atoms with Gasteiger partial charge in [-0.25, -0.2) is 4.68 Å². The minimum absolute atomic E-state index is 0.202. The first kappa shape index (κ1) is 23.0. The fraction of sp³-hybridized carbons (Fsp3) is 0.261. The molecule has 4 rings (SSSR count). The first-order valence-electron chi connectivity index (χ1n) is 10.2. The number of amides is 1. The number of alkyl halides is 3. The molecule has 3 aromatic rings. The molecule has 0 spiro atoms. The molecule has 0 N–H and O–H groups in total. The molecule has 10 heteroatoms. The van der Waals surface area contributed by atoms with Crippen LogP contribution < -0.4 is 10.5 Å². The highest BCUT2D eigenvalue weighted by atomic mass is 79.9. The third-order valence-corrected chi connectivity index (χ3v) is 5.99. The molecule has 0 unspecified atom stereocenters. The number of piperazine rings is 1. The molecule has 1 amide bonds. The lowest BCUT2D eigenvalue weighted by Gasteiger charge is -2.36. The van der Waals surface area contributed by atoms with E-state index < -0.39 is 11.7 Å². The van der Waals surface area contributed by atoms with E-state index in [1.54, 1.807) is 17.0 Å². The molecule has 0 radical (unpaired) electrons. The topological polar surface area (TPSA) is 58.4 Å². The molecule has 6 nitrogen and oxygen atoms in total. The second kappa shape index (κ2) is 9.38. The van der Waals surface area contributed by atoms with Crippen molar-refractivity contribution in [1.29, 1.82) is 0 Å². The number of nitrogens with zero attached hydrogens (tertiary/aromatic N) is 4. The van der Waals surface area contributed by atoms with Gasteiger partial charge in [0.05, 0.1) is 11.3 Å². The van der Waals surface area contributed by atoms with Gasteiger partial charge in [-0.15, -0.1) is 0 Å². The zero-order valence-corrected chi connectivity index (χ0v) is 19.0. The molecular weight excluding hydrogens is 501 g/mol. The lowest BCUT2D eigenvalue weighted by molar-refractivity contribution is -0.137. The Kier molecular flexibility index (Phi) is 6.55. The van der Waals surface area contributed by atoms with E-state index in [0.717, 1.165) is 26.9 Å². The largest absolute Gasteiger partial charge is 0.416 e. The van der Waals surface area contributed by atoms with Crippen LogP contribution in [0.25, 0.3) is 11.3 Å². The quantitative estimate of drug-likeness (QED) is 0.520. The summed E-state index contributed by atoms with van der Waals surface area (Å²) in [7, 11) is 0. The third-order valence-electron chi connectivity index (χ3n) is 5.46. The summed E-state index contributed by atoms with van der Waals surface area (Å²) in [6, 6.07) is 15.6. The average molecular weight is 521 g/mol. The summed E-state index contributed by atoms with van der Waals surface area (Å²) in [5.74, 6) is -0.263.